The molecule has 2 saturated heterocycles. The van der Waals surface area contributed by atoms with Crippen LogP contribution in [0.1, 0.15) is 36.8 Å². The van der Waals surface area contributed by atoms with Crippen LogP contribution in [0, 0.1) is 10.3 Å². The van der Waals surface area contributed by atoms with Gasteiger partial charge in [0.05, 0.1) is 0 Å². The Morgan fingerprint density at radius 3 is 0.780 bits per heavy atom. The predicted octanol–water partition coefficient (Wildman–Crippen LogP) is 9.94. The van der Waals surface area contributed by atoms with Gasteiger partial charge in [0, 0.05) is 58.7 Å². The molecule has 0 amide bonds. The van der Waals surface area contributed by atoms with Gasteiger partial charge in [0.1, 0.15) is 0 Å². The molecule has 0 aromatic heterocycles. The van der Waals surface area contributed by atoms with Gasteiger partial charge in [-0.1, -0.05) is 90.7 Å². The van der Waals surface area contributed by atoms with Crippen molar-refractivity contribution in [3.05, 3.63) is 82.1 Å². The third-order valence-corrected chi connectivity index (χ3v) is 22.9. The summed E-state index contributed by atoms with van der Waals surface area (Å²) in [7, 11) is -4.74. The molecular weight excluding hydrogens is 593 g/mol. The van der Waals surface area contributed by atoms with Gasteiger partial charge < -0.3 is 9.47 Å². The Hall–Kier alpha value is 0.227. The molecule has 228 valence electrons. The van der Waals surface area contributed by atoms with Gasteiger partial charge >= 0.3 is 37.7 Å². The molecule has 7 heteroatoms. The van der Waals surface area contributed by atoms with Crippen molar-refractivity contribution in [3.8, 4) is 0 Å². The molecule has 41 heavy (non-hydrogen) atoms. The van der Waals surface area contributed by atoms with E-state index in [1.54, 1.807) is 10.3 Å². The summed E-state index contributed by atoms with van der Waals surface area (Å²) >= 11 is 0. The first kappa shape index (κ1) is 41.2. The molecule has 0 radical (unpaired) electrons. The monoisotopic (exact) mass is 654 g/mol. The SMILES string of the molecule is C1CCOC1.C1CCOC1.C[Si](C)(C)[C-](c1ccccc1)[Si](C)(C)C.C[Si](C)(C)[C-](c1ccccc1)[Si](C)(C)C.[Ca+2]. The largest absolute Gasteiger partial charge is 2.00 e. The minimum atomic E-state index is -1.18. The molecule has 0 aliphatic carbocycles. The quantitative estimate of drug-likeness (QED) is 0.228. The van der Waals surface area contributed by atoms with Gasteiger partial charge in [-0.2, -0.15) is 45.7 Å². The third kappa shape index (κ3) is 17.3. The fraction of sp³-hybridized carbons (Fsp3) is 0.588. The van der Waals surface area contributed by atoms with Gasteiger partial charge in [-0.25, -0.2) is 0 Å². The standard InChI is InChI=1S/2C13H23Si2.2C4H8O.Ca/c2*1-14(2,3)13(15(4,5)6)12-10-8-7-9-11-12;2*1-2-4-5-3-1;/h2*7-11H,1-6H3;2*1-4H2;/q2*-1;;;+2. The first-order chi connectivity index (χ1) is 18.5. The van der Waals surface area contributed by atoms with Crippen LogP contribution in [0.5, 0.6) is 0 Å². The second kappa shape index (κ2) is 19.6. The number of benzene rings is 2. The van der Waals surface area contributed by atoms with Crippen molar-refractivity contribution in [1.82, 2.24) is 0 Å². The third-order valence-electron chi connectivity index (χ3n) is 6.78. The van der Waals surface area contributed by atoms with Crippen molar-refractivity contribution in [2.45, 2.75) is 104 Å². The first-order valence-electron chi connectivity index (χ1n) is 15.5. The van der Waals surface area contributed by atoms with E-state index in [0.29, 0.717) is 0 Å². The molecule has 2 nitrogen and oxygen atoms in total. The minimum absolute atomic E-state index is 0. The summed E-state index contributed by atoms with van der Waals surface area (Å²) in [5.74, 6) is 0. The Bertz CT molecular complexity index is 785. The summed E-state index contributed by atoms with van der Waals surface area (Å²) in [4.78, 5) is 0. The summed E-state index contributed by atoms with van der Waals surface area (Å²) in [5, 5.41) is 3.60. The number of ether oxygens (including phenoxy) is 2. The van der Waals surface area contributed by atoms with Crippen molar-refractivity contribution < 1.29 is 9.47 Å². The molecule has 2 fully saturated rings. The van der Waals surface area contributed by atoms with Gasteiger partial charge in [0.25, 0.3) is 0 Å². The average Bonchev–Trinajstić information content (AvgIpc) is 3.56. The summed E-state index contributed by atoms with van der Waals surface area (Å²) in [6, 6.07) is 22.0. The number of rotatable bonds is 6. The van der Waals surface area contributed by atoms with Crippen LogP contribution >= 0.6 is 0 Å². The minimum Gasteiger partial charge on any atom is -0.381 e. The summed E-state index contributed by atoms with van der Waals surface area (Å²) in [6.45, 7) is 33.6. The van der Waals surface area contributed by atoms with Crippen molar-refractivity contribution >= 4 is 70.0 Å². The van der Waals surface area contributed by atoms with Crippen LogP contribution in [-0.4, -0.2) is 96.5 Å². The maximum atomic E-state index is 4.94. The fourth-order valence-corrected chi connectivity index (χ4v) is 28.3. The van der Waals surface area contributed by atoms with Crippen LogP contribution in [0.4, 0.5) is 0 Å². The van der Waals surface area contributed by atoms with Gasteiger partial charge in [0.2, 0.25) is 0 Å². The van der Waals surface area contributed by atoms with Crippen LogP contribution in [-0.2, 0) is 9.47 Å². The zero-order valence-electron chi connectivity index (χ0n) is 29.0. The molecule has 0 bridgehead atoms. The van der Waals surface area contributed by atoms with Crippen LogP contribution in [0.3, 0.4) is 0 Å². The maximum absolute atomic E-state index is 4.94. The molecule has 2 aromatic carbocycles. The van der Waals surface area contributed by atoms with E-state index >= 15 is 0 Å². The summed E-state index contributed by atoms with van der Waals surface area (Å²) < 4.78 is 9.89. The molecule has 2 aromatic rings. The maximum Gasteiger partial charge on any atom is 2.00 e. The molecular formula is C34H62CaO2Si4. The van der Waals surface area contributed by atoms with Crippen LogP contribution in [0.15, 0.2) is 60.7 Å². The Kier molecular flexibility index (Phi) is 19.7. The van der Waals surface area contributed by atoms with Gasteiger partial charge in [-0.05, 0) is 25.7 Å². The predicted molar refractivity (Wildman–Crippen MR) is 197 cm³/mol. The fourth-order valence-electron chi connectivity index (χ4n) is 6.21. The van der Waals surface area contributed by atoms with Crippen molar-refractivity contribution in [3.63, 3.8) is 0 Å². The van der Waals surface area contributed by atoms with Gasteiger partial charge in [0.15, 0.2) is 0 Å². The van der Waals surface area contributed by atoms with E-state index < -0.39 is 32.3 Å². The zero-order chi connectivity index (χ0) is 30.5. The van der Waals surface area contributed by atoms with E-state index in [-0.39, 0.29) is 37.7 Å². The van der Waals surface area contributed by atoms with Crippen LogP contribution < -0.4 is 0 Å². The molecule has 2 aliphatic heterocycles. The van der Waals surface area contributed by atoms with Crippen molar-refractivity contribution in [1.29, 1.82) is 0 Å². The Morgan fingerprint density at radius 1 is 0.415 bits per heavy atom. The van der Waals surface area contributed by atoms with Crippen molar-refractivity contribution in [2.75, 3.05) is 26.4 Å². The average molecular weight is 655 g/mol. The van der Waals surface area contributed by atoms with E-state index in [4.69, 9.17) is 9.47 Å². The number of hydrogen-bond acceptors (Lipinski definition) is 2. The Labute approximate surface area is 289 Å². The normalized spacial score (nSPS) is 15.1. The second-order valence-electron chi connectivity index (χ2n) is 15.1. The van der Waals surface area contributed by atoms with Crippen LogP contribution in [0.2, 0.25) is 78.6 Å². The molecule has 0 unspecified atom stereocenters. The van der Waals surface area contributed by atoms with Crippen molar-refractivity contribution in [2.24, 2.45) is 0 Å². The Balaban J connectivity index is 0.000000573. The van der Waals surface area contributed by atoms with E-state index in [1.165, 1.54) is 36.8 Å². The van der Waals surface area contributed by atoms with E-state index in [0.717, 1.165) is 26.4 Å². The molecule has 0 spiro atoms. The van der Waals surface area contributed by atoms with Gasteiger partial charge in [-0.3, -0.25) is 0 Å². The molecule has 0 atom stereocenters. The molecule has 0 saturated carbocycles. The summed E-state index contributed by atoms with van der Waals surface area (Å²) in [5.41, 5.74) is 2.99. The molecule has 0 N–H and O–H groups in total. The van der Waals surface area contributed by atoms with E-state index in [2.05, 4.69) is 139 Å². The first-order valence-corrected chi connectivity index (χ1v) is 29.5. The molecule has 2 heterocycles. The molecule has 2 aliphatic rings. The van der Waals surface area contributed by atoms with E-state index in [1.807, 2.05) is 0 Å². The van der Waals surface area contributed by atoms with Gasteiger partial charge in [-0.15, -0.1) is 24.3 Å². The smallest absolute Gasteiger partial charge is 0.381 e. The topological polar surface area (TPSA) is 18.5 Å². The van der Waals surface area contributed by atoms with E-state index in [9.17, 15) is 0 Å². The second-order valence-corrected chi connectivity index (χ2v) is 36.1. The molecule has 4 rings (SSSR count). The van der Waals surface area contributed by atoms with Crippen LogP contribution in [0.25, 0.3) is 0 Å². The number of hydrogen-bond donors (Lipinski definition) is 0. The zero-order valence-corrected chi connectivity index (χ0v) is 35.2. The summed E-state index contributed by atoms with van der Waals surface area (Å²) in [6.07, 6.45) is 5.11. The Morgan fingerprint density at radius 2 is 0.634 bits per heavy atom.